The third-order valence-electron chi connectivity index (χ3n) is 3.58. The van der Waals surface area contributed by atoms with Crippen LogP contribution in [0.25, 0.3) is 0 Å². The summed E-state index contributed by atoms with van der Waals surface area (Å²) in [5, 5.41) is 17.7. The Labute approximate surface area is 111 Å². The van der Waals surface area contributed by atoms with Crippen molar-refractivity contribution in [1.29, 1.82) is 5.26 Å². The van der Waals surface area contributed by atoms with Crippen LogP contribution in [0.2, 0.25) is 0 Å². The topological polar surface area (TPSA) is 64.3 Å². The lowest BCUT2D eigenvalue weighted by molar-refractivity contribution is -0.142. The van der Waals surface area contributed by atoms with E-state index in [1.54, 1.807) is 12.1 Å². The van der Waals surface area contributed by atoms with E-state index in [0.717, 1.165) is 0 Å². The molecule has 100 valence electrons. The van der Waals surface area contributed by atoms with Gasteiger partial charge in [0.2, 0.25) is 0 Å². The summed E-state index contributed by atoms with van der Waals surface area (Å²) in [7, 11) is 0. The fourth-order valence-electron chi connectivity index (χ4n) is 2.50. The smallest absolute Gasteiger partial charge is 0.308 e. The summed E-state index contributed by atoms with van der Waals surface area (Å²) in [5.74, 6) is -1.53. The fourth-order valence-corrected chi connectivity index (χ4v) is 2.50. The Morgan fingerprint density at radius 2 is 2.32 bits per heavy atom. The number of halogens is 1. The second-order valence-electron chi connectivity index (χ2n) is 5.03. The summed E-state index contributed by atoms with van der Waals surface area (Å²) in [6, 6.07) is 6.26. The predicted octanol–water partition coefficient (Wildman–Crippen LogP) is 1.85. The van der Waals surface area contributed by atoms with E-state index in [2.05, 4.69) is 0 Å². The average Bonchev–Trinajstić information content (AvgIpc) is 2.73. The first kappa shape index (κ1) is 13.5. The lowest BCUT2D eigenvalue weighted by Gasteiger charge is -2.15. The summed E-state index contributed by atoms with van der Waals surface area (Å²) in [6.07, 6.45) is 0. The minimum absolute atomic E-state index is 0.0685. The lowest BCUT2D eigenvalue weighted by atomic mass is 9.99. The molecule has 2 atom stereocenters. The Morgan fingerprint density at radius 3 is 2.84 bits per heavy atom. The van der Waals surface area contributed by atoms with Gasteiger partial charge in [-0.1, -0.05) is 13.0 Å². The molecule has 5 heteroatoms. The Hall–Kier alpha value is -1.93. The van der Waals surface area contributed by atoms with Crippen molar-refractivity contribution >= 4 is 5.97 Å². The summed E-state index contributed by atoms with van der Waals surface area (Å²) in [6.45, 7) is 3.37. The van der Waals surface area contributed by atoms with Gasteiger partial charge in [0.05, 0.1) is 17.6 Å². The Morgan fingerprint density at radius 1 is 1.58 bits per heavy atom. The molecule has 1 aliphatic rings. The van der Waals surface area contributed by atoms with Gasteiger partial charge >= 0.3 is 5.97 Å². The van der Waals surface area contributed by atoms with Crippen LogP contribution in [0.3, 0.4) is 0 Å². The number of aliphatic carboxylic acids is 1. The summed E-state index contributed by atoms with van der Waals surface area (Å²) in [5.41, 5.74) is 0.789. The molecule has 0 spiro atoms. The van der Waals surface area contributed by atoms with E-state index in [1.165, 1.54) is 6.07 Å². The minimum atomic E-state index is -0.796. The zero-order valence-corrected chi connectivity index (χ0v) is 10.6. The van der Waals surface area contributed by atoms with Crippen molar-refractivity contribution in [1.82, 2.24) is 4.90 Å². The van der Waals surface area contributed by atoms with Crippen molar-refractivity contribution in [3.05, 3.63) is 35.1 Å². The molecule has 19 heavy (non-hydrogen) atoms. The number of carboxylic acid groups (broad SMARTS) is 1. The quantitative estimate of drug-likeness (QED) is 0.903. The van der Waals surface area contributed by atoms with Crippen LogP contribution in [0.1, 0.15) is 18.1 Å². The van der Waals surface area contributed by atoms with Crippen molar-refractivity contribution in [2.75, 3.05) is 13.1 Å². The highest BCUT2D eigenvalue weighted by Crippen LogP contribution is 2.25. The molecule has 1 saturated heterocycles. The number of rotatable bonds is 3. The Kier molecular flexibility index (Phi) is 3.82. The Balaban J connectivity index is 2.07. The number of carboxylic acids is 1. The van der Waals surface area contributed by atoms with Gasteiger partial charge in [0.15, 0.2) is 0 Å². The third kappa shape index (κ3) is 2.91. The normalized spacial score (nSPS) is 23.2. The van der Waals surface area contributed by atoms with Gasteiger partial charge in [0, 0.05) is 25.2 Å². The van der Waals surface area contributed by atoms with Gasteiger partial charge in [-0.15, -0.1) is 0 Å². The molecule has 1 fully saturated rings. The lowest BCUT2D eigenvalue weighted by Crippen LogP contribution is -2.23. The summed E-state index contributed by atoms with van der Waals surface area (Å²) >= 11 is 0. The van der Waals surface area contributed by atoms with Gasteiger partial charge in [-0.2, -0.15) is 5.26 Å². The summed E-state index contributed by atoms with van der Waals surface area (Å²) in [4.78, 5) is 13.0. The molecule has 0 amide bonds. The molecule has 0 aliphatic carbocycles. The van der Waals surface area contributed by atoms with Crippen molar-refractivity contribution in [3.8, 4) is 6.07 Å². The van der Waals surface area contributed by atoms with Crippen molar-refractivity contribution in [2.24, 2.45) is 11.8 Å². The highest BCUT2D eigenvalue weighted by atomic mass is 19.1. The van der Waals surface area contributed by atoms with Gasteiger partial charge in [-0.3, -0.25) is 9.69 Å². The van der Waals surface area contributed by atoms with E-state index in [4.69, 9.17) is 10.4 Å². The molecule has 1 N–H and O–H groups in total. The summed E-state index contributed by atoms with van der Waals surface area (Å²) < 4.78 is 13.7. The molecule has 1 aromatic carbocycles. The maximum Gasteiger partial charge on any atom is 0.308 e. The molecule has 0 radical (unpaired) electrons. The first-order valence-corrected chi connectivity index (χ1v) is 6.15. The van der Waals surface area contributed by atoms with Crippen LogP contribution in [0, 0.1) is 29.0 Å². The number of benzene rings is 1. The van der Waals surface area contributed by atoms with Crippen LogP contribution in [0.4, 0.5) is 4.39 Å². The predicted molar refractivity (Wildman–Crippen MR) is 66.7 cm³/mol. The van der Waals surface area contributed by atoms with Gasteiger partial charge < -0.3 is 5.11 Å². The standard InChI is InChI=1S/C14H15FN2O2/c1-9-6-17(8-12(9)14(18)19)7-11-3-2-10(5-16)4-13(11)15/h2-4,9,12H,6-8H2,1H3,(H,18,19). The largest absolute Gasteiger partial charge is 0.481 e. The Bertz CT molecular complexity index is 539. The molecule has 0 aromatic heterocycles. The highest BCUT2D eigenvalue weighted by Gasteiger charge is 2.34. The second kappa shape index (κ2) is 5.37. The van der Waals surface area contributed by atoms with Crippen LogP contribution < -0.4 is 0 Å². The molecule has 1 aliphatic heterocycles. The van der Waals surface area contributed by atoms with Crippen molar-refractivity contribution < 1.29 is 14.3 Å². The van der Waals surface area contributed by atoms with Crippen LogP contribution in [-0.4, -0.2) is 29.1 Å². The van der Waals surface area contributed by atoms with E-state index >= 15 is 0 Å². The van der Waals surface area contributed by atoms with Crippen molar-refractivity contribution in [2.45, 2.75) is 13.5 Å². The van der Waals surface area contributed by atoms with Gasteiger partial charge in [-0.25, -0.2) is 4.39 Å². The molecular formula is C14H15FN2O2. The van der Waals surface area contributed by atoms with Gasteiger partial charge in [-0.05, 0) is 18.1 Å². The monoisotopic (exact) mass is 262 g/mol. The van der Waals surface area contributed by atoms with Crippen LogP contribution >= 0.6 is 0 Å². The van der Waals surface area contributed by atoms with Gasteiger partial charge in [0.25, 0.3) is 0 Å². The van der Waals surface area contributed by atoms with Crippen LogP contribution in [0.5, 0.6) is 0 Å². The zero-order valence-electron chi connectivity index (χ0n) is 10.6. The van der Waals surface area contributed by atoms with E-state index in [-0.39, 0.29) is 11.8 Å². The van der Waals surface area contributed by atoms with E-state index < -0.39 is 11.8 Å². The molecule has 2 unspecified atom stereocenters. The molecule has 2 rings (SSSR count). The molecule has 0 bridgehead atoms. The van der Waals surface area contributed by atoms with E-state index in [0.29, 0.717) is 30.8 Å². The maximum absolute atomic E-state index is 13.7. The maximum atomic E-state index is 13.7. The fraction of sp³-hybridized carbons (Fsp3) is 0.429. The van der Waals surface area contributed by atoms with Gasteiger partial charge in [0.1, 0.15) is 5.82 Å². The van der Waals surface area contributed by atoms with Crippen molar-refractivity contribution in [3.63, 3.8) is 0 Å². The SMILES string of the molecule is CC1CN(Cc2ccc(C#N)cc2F)CC1C(=O)O. The number of nitriles is 1. The number of carbonyl (C=O) groups is 1. The first-order valence-electron chi connectivity index (χ1n) is 6.15. The zero-order chi connectivity index (χ0) is 14.0. The van der Waals surface area contributed by atoms with Crippen LogP contribution in [-0.2, 0) is 11.3 Å². The highest BCUT2D eigenvalue weighted by molar-refractivity contribution is 5.71. The van der Waals surface area contributed by atoms with E-state index in [9.17, 15) is 9.18 Å². The minimum Gasteiger partial charge on any atom is -0.481 e. The molecule has 4 nitrogen and oxygen atoms in total. The molecular weight excluding hydrogens is 247 g/mol. The number of hydrogen-bond donors (Lipinski definition) is 1. The molecule has 0 saturated carbocycles. The van der Waals surface area contributed by atoms with Crippen LogP contribution in [0.15, 0.2) is 18.2 Å². The molecule has 1 aromatic rings. The first-order chi connectivity index (χ1) is 9.01. The average molecular weight is 262 g/mol. The second-order valence-corrected chi connectivity index (χ2v) is 5.03. The number of likely N-dealkylation sites (tertiary alicyclic amines) is 1. The third-order valence-corrected chi connectivity index (χ3v) is 3.58. The molecule has 1 heterocycles. The number of hydrogen-bond acceptors (Lipinski definition) is 3. The number of nitrogens with zero attached hydrogens (tertiary/aromatic N) is 2. The van der Waals surface area contributed by atoms with E-state index in [1.807, 2.05) is 17.9 Å².